The maximum Gasteiger partial charge on any atom is 0.285 e. The van der Waals surface area contributed by atoms with E-state index in [2.05, 4.69) is 17.1 Å². The smallest absolute Gasteiger partial charge is 0.285 e. The highest BCUT2D eigenvalue weighted by molar-refractivity contribution is 6.00. The first-order chi connectivity index (χ1) is 11.0. The summed E-state index contributed by atoms with van der Waals surface area (Å²) in [5.41, 5.74) is 3.27. The van der Waals surface area contributed by atoms with Crippen LogP contribution in [0.4, 0.5) is 11.4 Å². The van der Waals surface area contributed by atoms with E-state index in [1.807, 2.05) is 26.0 Å². The number of rotatable bonds is 4. The molecule has 4 nitrogen and oxygen atoms in total. The Hall–Kier alpha value is -1.86. The summed E-state index contributed by atoms with van der Waals surface area (Å²) >= 11 is 0. The van der Waals surface area contributed by atoms with Crippen molar-refractivity contribution in [3.05, 3.63) is 34.7 Å². The van der Waals surface area contributed by atoms with E-state index in [9.17, 15) is 4.79 Å². The third-order valence-electron chi connectivity index (χ3n) is 5.97. The predicted molar refractivity (Wildman–Crippen MR) is 92.5 cm³/mol. The summed E-state index contributed by atoms with van der Waals surface area (Å²) in [4.78, 5) is 16.6. The molecule has 1 aliphatic carbocycles. The number of likely N-dealkylation sites (N-methyl/N-ethyl adjacent to an activating group) is 1. The minimum atomic E-state index is -0.206. The second-order valence-electron chi connectivity index (χ2n) is 7.17. The van der Waals surface area contributed by atoms with Crippen molar-refractivity contribution in [3.63, 3.8) is 0 Å². The van der Waals surface area contributed by atoms with E-state index >= 15 is 0 Å². The number of carbonyl (C=O) groups is 1. The number of amides is 1. The van der Waals surface area contributed by atoms with Crippen LogP contribution in [0.1, 0.15) is 43.7 Å². The van der Waals surface area contributed by atoms with Crippen molar-refractivity contribution < 1.29 is 9.28 Å². The van der Waals surface area contributed by atoms with Gasteiger partial charge in [0.05, 0.1) is 26.2 Å². The van der Waals surface area contributed by atoms with Gasteiger partial charge in [0.2, 0.25) is 0 Å². The van der Waals surface area contributed by atoms with E-state index in [-0.39, 0.29) is 11.4 Å². The van der Waals surface area contributed by atoms with Crippen LogP contribution < -0.4 is 5.32 Å². The van der Waals surface area contributed by atoms with Crippen LogP contribution in [0.25, 0.3) is 4.85 Å². The van der Waals surface area contributed by atoms with Crippen LogP contribution in [0, 0.1) is 20.4 Å². The fourth-order valence-electron chi connectivity index (χ4n) is 4.46. The summed E-state index contributed by atoms with van der Waals surface area (Å²) in [5.74, 6) is 0.183. The average Bonchev–Trinajstić information content (AvgIpc) is 3.22. The molecule has 0 spiro atoms. The summed E-state index contributed by atoms with van der Waals surface area (Å²) < 4.78 is 0.969. The molecule has 1 aromatic carbocycles. The number of nitrogens with one attached hydrogen (secondary N) is 1. The fourth-order valence-corrected chi connectivity index (χ4v) is 4.46. The van der Waals surface area contributed by atoms with Crippen LogP contribution in [-0.2, 0) is 4.79 Å². The molecule has 0 bridgehead atoms. The molecule has 1 aliphatic heterocycles. The summed E-state index contributed by atoms with van der Waals surface area (Å²) in [5, 5.41) is 3.21. The Morgan fingerprint density at radius 3 is 2.26 bits per heavy atom. The molecular formula is C19H26N3O+. The molecule has 122 valence electrons. The first-order valence-electron chi connectivity index (χ1n) is 8.64. The van der Waals surface area contributed by atoms with Crippen LogP contribution >= 0.6 is 0 Å². The normalized spacial score (nSPS) is 20.8. The Morgan fingerprint density at radius 1 is 1.26 bits per heavy atom. The lowest BCUT2D eigenvalue weighted by Gasteiger charge is -2.40. The molecule has 2 fully saturated rings. The molecule has 23 heavy (non-hydrogen) atoms. The molecule has 4 heteroatoms. The van der Waals surface area contributed by atoms with E-state index in [0.717, 1.165) is 53.8 Å². The molecule has 2 aliphatic rings. The Balaban J connectivity index is 1.87. The van der Waals surface area contributed by atoms with Crippen molar-refractivity contribution in [3.8, 4) is 0 Å². The molecule has 1 saturated heterocycles. The minimum absolute atomic E-state index is 0.183. The molecule has 0 unspecified atom stereocenters. The van der Waals surface area contributed by atoms with E-state index in [1.165, 1.54) is 12.8 Å². The zero-order valence-corrected chi connectivity index (χ0v) is 14.4. The van der Waals surface area contributed by atoms with Crippen LogP contribution in [0.5, 0.6) is 0 Å². The van der Waals surface area contributed by atoms with Gasteiger partial charge < -0.3 is 9.80 Å². The molecule has 1 amide bonds. The third-order valence-corrected chi connectivity index (χ3v) is 5.97. The fraction of sp³-hybridized carbons (Fsp3) is 0.579. The monoisotopic (exact) mass is 312 g/mol. The van der Waals surface area contributed by atoms with E-state index in [0.29, 0.717) is 5.69 Å². The van der Waals surface area contributed by atoms with Gasteiger partial charge in [0.15, 0.2) is 11.2 Å². The Bertz CT molecular complexity index is 653. The number of aryl methyl sites for hydroxylation is 2. The molecule has 1 saturated carbocycles. The maximum atomic E-state index is 13.1. The van der Waals surface area contributed by atoms with Gasteiger partial charge in [-0.25, -0.2) is 4.85 Å². The minimum Gasteiger partial charge on any atom is -0.320 e. The summed E-state index contributed by atoms with van der Waals surface area (Å²) in [6.07, 6.45) is 4.48. The quantitative estimate of drug-likeness (QED) is 0.662. The van der Waals surface area contributed by atoms with Crippen LogP contribution in [0.2, 0.25) is 0 Å². The van der Waals surface area contributed by atoms with Crippen molar-refractivity contribution in [1.29, 1.82) is 0 Å². The first kappa shape index (κ1) is 16.0. The number of hydrogen-bond donors (Lipinski definition) is 1. The van der Waals surface area contributed by atoms with Crippen molar-refractivity contribution in [2.75, 3.05) is 25.0 Å². The highest BCUT2D eigenvalue weighted by Gasteiger charge is 2.65. The van der Waals surface area contributed by atoms with Gasteiger partial charge in [-0.15, -0.1) is 0 Å². The molecule has 1 N–H and O–H groups in total. The summed E-state index contributed by atoms with van der Waals surface area (Å²) in [6.45, 7) is 16.6. The van der Waals surface area contributed by atoms with Crippen LogP contribution in [0.3, 0.4) is 0 Å². The largest absolute Gasteiger partial charge is 0.320 e. The maximum absolute atomic E-state index is 13.1. The van der Waals surface area contributed by atoms with Gasteiger partial charge in [0, 0.05) is 31.4 Å². The number of carbonyl (C=O) groups excluding carboxylic acids is 1. The van der Waals surface area contributed by atoms with Gasteiger partial charge in [-0.3, -0.25) is 4.79 Å². The number of quaternary nitrogens is 1. The van der Waals surface area contributed by atoms with Gasteiger partial charge in [0.25, 0.3) is 5.91 Å². The van der Waals surface area contributed by atoms with Crippen LogP contribution in [-0.4, -0.2) is 35.6 Å². The number of hydrogen-bond acceptors (Lipinski definition) is 1. The lowest BCUT2D eigenvalue weighted by atomic mass is 10.1. The van der Waals surface area contributed by atoms with Crippen LogP contribution in [0.15, 0.2) is 12.1 Å². The van der Waals surface area contributed by atoms with Crippen molar-refractivity contribution in [2.24, 2.45) is 0 Å². The Morgan fingerprint density at radius 2 is 1.83 bits per heavy atom. The highest BCUT2D eigenvalue weighted by atomic mass is 16.2. The topological polar surface area (TPSA) is 33.5 Å². The molecule has 1 aromatic rings. The van der Waals surface area contributed by atoms with Crippen molar-refractivity contribution in [1.82, 2.24) is 0 Å². The van der Waals surface area contributed by atoms with Gasteiger partial charge in [-0.2, -0.15) is 0 Å². The van der Waals surface area contributed by atoms with Gasteiger partial charge >= 0.3 is 0 Å². The Kier molecular flexibility index (Phi) is 3.93. The van der Waals surface area contributed by atoms with Crippen molar-refractivity contribution in [2.45, 2.75) is 52.0 Å². The lowest BCUT2D eigenvalue weighted by molar-refractivity contribution is -0.940. The predicted octanol–water partition coefficient (Wildman–Crippen LogP) is 3.96. The molecular weight excluding hydrogens is 286 g/mol. The van der Waals surface area contributed by atoms with Gasteiger partial charge in [-0.05, 0) is 31.9 Å². The van der Waals surface area contributed by atoms with Crippen molar-refractivity contribution >= 4 is 17.3 Å². The molecule has 1 heterocycles. The molecule has 3 rings (SSSR count). The standard InChI is InChI=1S/C19H25N3O/c1-5-22(10-6-7-11-22)19(8-9-19)18(23)21-17-14(2)12-16(20-4)13-15(17)3/h12-13H,5-11H2,1-3H3/p+1. The zero-order valence-electron chi connectivity index (χ0n) is 14.4. The lowest BCUT2D eigenvalue weighted by Crippen LogP contribution is -2.60. The molecule has 0 radical (unpaired) electrons. The second kappa shape index (κ2) is 5.65. The van der Waals surface area contributed by atoms with Gasteiger partial charge in [-0.1, -0.05) is 12.1 Å². The highest BCUT2D eigenvalue weighted by Crippen LogP contribution is 2.50. The van der Waals surface area contributed by atoms with E-state index < -0.39 is 0 Å². The molecule has 0 atom stereocenters. The number of benzene rings is 1. The number of nitrogens with zero attached hydrogens (tertiary/aromatic N) is 2. The average molecular weight is 312 g/mol. The Labute approximate surface area is 138 Å². The van der Waals surface area contributed by atoms with Gasteiger partial charge in [0.1, 0.15) is 0 Å². The first-order valence-corrected chi connectivity index (χ1v) is 8.64. The zero-order chi connectivity index (χ0) is 16.7. The summed E-state index contributed by atoms with van der Waals surface area (Å²) in [7, 11) is 0. The van der Waals surface area contributed by atoms with E-state index in [4.69, 9.17) is 6.57 Å². The van der Waals surface area contributed by atoms with E-state index in [1.54, 1.807) is 0 Å². The number of likely N-dealkylation sites (tertiary alicyclic amines) is 1. The number of anilines is 1. The second-order valence-corrected chi connectivity index (χ2v) is 7.17. The summed E-state index contributed by atoms with van der Waals surface area (Å²) in [6, 6.07) is 3.71. The molecule has 0 aromatic heterocycles. The third kappa shape index (κ3) is 2.44. The SMILES string of the molecule is [C-]#[N+]c1cc(C)c(NC(=O)C2([N+]3(CC)CCCC3)CC2)c(C)c1.